The quantitative estimate of drug-likeness (QED) is 0.648. The predicted octanol–water partition coefficient (Wildman–Crippen LogP) is 4.04. The minimum absolute atomic E-state index is 0.128. The summed E-state index contributed by atoms with van der Waals surface area (Å²) < 4.78 is 10.9. The van der Waals surface area contributed by atoms with E-state index in [-0.39, 0.29) is 11.9 Å². The van der Waals surface area contributed by atoms with Crippen LogP contribution < -0.4 is 4.74 Å². The van der Waals surface area contributed by atoms with Gasteiger partial charge in [-0.1, -0.05) is 47.6 Å². The highest BCUT2D eigenvalue weighted by Crippen LogP contribution is 2.34. The van der Waals surface area contributed by atoms with E-state index >= 15 is 0 Å². The van der Waals surface area contributed by atoms with Crippen LogP contribution in [-0.2, 0) is 11.2 Å². The molecule has 1 unspecified atom stereocenters. The number of benzene rings is 2. The summed E-state index contributed by atoms with van der Waals surface area (Å²) in [5, 5.41) is 4.12. The average molecular weight is 377 g/mol. The average Bonchev–Trinajstić information content (AvgIpc) is 3.42. The molecule has 0 radical (unpaired) electrons. The molecule has 1 saturated heterocycles. The van der Waals surface area contributed by atoms with Crippen molar-refractivity contribution in [2.45, 2.75) is 31.7 Å². The van der Waals surface area contributed by atoms with Crippen molar-refractivity contribution >= 4 is 5.91 Å². The molecule has 0 N–H and O–H groups in total. The Kier molecular flexibility index (Phi) is 5.37. The number of methoxy groups -OCH3 is 1. The molecule has 2 aromatic carbocycles. The van der Waals surface area contributed by atoms with Crippen molar-refractivity contribution in [3.8, 4) is 17.1 Å². The molecule has 0 aliphatic carbocycles. The lowest BCUT2D eigenvalue weighted by Gasteiger charge is -2.21. The molecule has 144 valence electrons. The number of para-hydroxylation sites is 1. The van der Waals surface area contributed by atoms with E-state index < -0.39 is 0 Å². The molecule has 1 atom stereocenters. The molecule has 0 bridgehead atoms. The number of amides is 1. The number of hydrogen-bond donors (Lipinski definition) is 0. The summed E-state index contributed by atoms with van der Waals surface area (Å²) in [4.78, 5) is 19.2. The maximum absolute atomic E-state index is 12.8. The van der Waals surface area contributed by atoms with E-state index in [1.165, 1.54) is 5.56 Å². The number of ether oxygens (including phenoxy) is 1. The predicted molar refractivity (Wildman–Crippen MR) is 105 cm³/mol. The van der Waals surface area contributed by atoms with E-state index in [1.807, 2.05) is 59.5 Å². The molecule has 0 saturated carbocycles. The van der Waals surface area contributed by atoms with Crippen molar-refractivity contribution in [3.05, 3.63) is 66.1 Å². The van der Waals surface area contributed by atoms with Gasteiger partial charge in [-0.2, -0.15) is 4.98 Å². The van der Waals surface area contributed by atoms with Gasteiger partial charge in [0.1, 0.15) is 11.8 Å². The van der Waals surface area contributed by atoms with E-state index in [0.717, 1.165) is 31.4 Å². The van der Waals surface area contributed by atoms with E-state index in [2.05, 4.69) is 10.1 Å². The van der Waals surface area contributed by atoms with Crippen molar-refractivity contribution in [1.29, 1.82) is 0 Å². The van der Waals surface area contributed by atoms with Gasteiger partial charge in [-0.15, -0.1) is 0 Å². The first-order valence-corrected chi connectivity index (χ1v) is 9.56. The fraction of sp³-hybridized carbons (Fsp3) is 0.318. The highest BCUT2D eigenvalue weighted by molar-refractivity contribution is 5.77. The molecule has 4 rings (SSSR count). The first kappa shape index (κ1) is 18.2. The molecule has 1 aromatic heterocycles. The van der Waals surface area contributed by atoms with Gasteiger partial charge in [0.05, 0.1) is 12.7 Å². The van der Waals surface area contributed by atoms with Crippen LogP contribution in [-0.4, -0.2) is 34.6 Å². The Hall–Kier alpha value is -3.15. The zero-order valence-corrected chi connectivity index (χ0v) is 15.9. The van der Waals surface area contributed by atoms with Gasteiger partial charge in [0.15, 0.2) is 0 Å². The van der Waals surface area contributed by atoms with E-state index in [9.17, 15) is 4.79 Å². The van der Waals surface area contributed by atoms with Crippen LogP contribution in [0, 0.1) is 0 Å². The minimum atomic E-state index is -0.153. The standard InChI is InChI=1S/C22H23N3O3/c1-27-19-12-6-5-10-17(19)21-23-22(28-24-21)18-11-7-15-25(18)20(26)14-13-16-8-3-2-4-9-16/h2-6,8-10,12,18H,7,11,13-15H2,1H3. The van der Waals surface area contributed by atoms with E-state index in [4.69, 9.17) is 9.26 Å². The Balaban J connectivity index is 1.48. The second-order valence-corrected chi connectivity index (χ2v) is 6.89. The Morgan fingerprint density at radius 3 is 2.79 bits per heavy atom. The third-order valence-corrected chi connectivity index (χ3v) is 5.12. The molecule has 3 aromatic rings. The molecule has 2 heterocycles. The zero-order chi connectivity index (χ0) is 19.3. The summed E-state index contributed by atoms with van der Waals surface area (Å²) in [5.41, 5.74) is 1.95. The number of aromatic nitrogens is 2. The Labute approximate surface area is 164 Å². The largest absolute Gasteiger partial charge is 0.496 e. The summed E-state index contributed by atoms with van der Waals surface area (Å²) in [6, 6.07) is 17.5. The maximum atomic E-state index is 12.8. The van der Waals surface area contributed by atoms with Gasteiger partial charge in [-0.25, -0.2) is 0 Å². The number of carbonyl (C=O) groups excluding carboxylic acids is 1. The molecule has 1 fully saturated rings. The zero-order valence-electron chi connectivity index (χ0n) is 15.9. The normalized spacial score (nSPS) is 16.3. The molecule has 6 heteroatoms. The highest BCUT2D eigenvalue weighted by Gasteiger charge is 2.34. The molecule has 1 amide bonds. The lowest BCUT2D eigenvalue weighted by atomic mass is 10.1. The minimum Gasteiger partial charge on any atom is -0.496 e. The summed E-state index contributed by atoms with van der Waals surface area (Å²) in [7, 11) is 1.62. The number of aryl methyl sites for hydroxylation is 1. The van der Waals surface area contributed by atoms with Gasteiger partial charge in [-0.3, -0.25) is 4.79 Å². The third-order valence-electron chi connectivity index (χ3n) is 5.12. The molecular formula is C22H23N3O3. The molecular weight excluding hydrogens is 354 g/mol. The summed E-state index contributed by atoms with van der Waals surface area (Å²) >= 11 is 0. The fourth-order valence-corrected chi connectivity index (χ4v) is 3.67. The molecule has 6 nitrogen and oxygen atoms in total. The fourth-order valence-electron chi connectivity index (χ4n) is 3.67. The number of carbonyl (C=O) groups is 1. The van der Waals surface area contributed by atoms with Crippen LogP contribution in [0.3, 0.4) is 0 Å². The summed E-state index contributed by atoms with van der Waals surface area (Å²) in [5.74, 6) is 1.79. The first-order chi connectivity index (χ1) is 13.8. The van der Waals surface area contributed by atoms with Gasteiger partial charge in [0.25, 0.3) is 0 Å². The van der Waals surface area contributed by atoms with Crippen molar-refractivity contribution < 1.29 is 14.1 Å². The van der Waals surface area contributed by atoms with Crippen molar-refractivity contribution in [3.63, 3.8) is 0 Å². The number of likely N-dealkylation sites (tertiary alicyclic amines) is 1. The SMILES string of the molecule is COc1ccccc1-c1noc(C2CCCN2C(=O)CCc2ccccc2)n1. The van der Waals surface area contributed by atoms with Crippen LogP contribution in [0.15, 0.2) is 59.1 Å². The summed E-state index contributed by atoms with van der Waals surface area (Å²) in [6.45, 7) is 0.727. The third kappa shape index (κ3) is 3.76. The van der Waals surface area contributed by atoms with Crippen LogP contribution in [0.5, 0.6) is 5.75 Å². The molecule has 1 aliphatic rings. The number of hydrogen-bond acceptors (Lipinski definition) is 5. The van der Waals surface area contributed by atoms with Gasteiger partial charge in [-0.05, 0) is 37.0 Å². The number of rotatable bonds is 6. The van der Waals surface area contributed by atoms with Crippen LogP contribution in [0.25, 0.3) is 11.4 Å². The van der Waals surface area contributed by atoms with E-state index in [1.54, 1.807) is 7.11 Å². The smallest absolute Gasteiger partial charge is 0.249 e. The molecule has 1 aliphatic heterocycles. The Morgan fingerprint density at radius 2 is 1.96 bits per heavy atom. The number of nitrogens with zero attached hydrogens (tertiary/aromatic N) is 3. The summed E-state index contributed by atoms with van der Waals surface area (Å²) in [6.07, 6.45) is 2.99. The molecule has 28 heavy (non-hydrogen) atoms. The first-order valence-electron chi connectivity index (χ1n) is 9.56. The maximum Gasteiger partial charge on any atom is 0.249 e. The van der Waals surface area contributed by atoms with Crippen LogP contribution in [0.4, 0.5) is 0 Å². The highest BCUT2D eigenvalue weighted by atomic mass is 16.5. The van der Waals surface area contributed by atoms with Gasteiger partial charge in [0.2, 0.25) is 17.6 Å². The lowest BCUT2D eigenvalue weighted by molar-refractivity contribution is -0.132. The second-order valence-electron chi connectivity index (χ2n) is 6.89. The van der Waals surface area contributed by atoms with Crippen LogP contribution >= 0.6 is 0 Å². The van der Waals surface area contributed by atoms with Crippen molar-refractivity contribution in [2.24, 2.45) is 0 Å². The topological polar surface area (TPSA) is 68.5 Å². The Bertz CT molecular complexity index is 939. The van der Waals surface area contributed by atoms with Crippen LogP contribution in [0.2, 0.25) is 0 Å². The Morgan fingerprint density at radius 1 is 1.18 bits per heavy atom. The van der Waals surface area contributed by atoms with Gasteiger partial charge < -0.3 is 14.2 Å². The molecule has 0 spiro atoms. The lowest BCUT2D eigenvalue weighted by Crippen LogP contribution is -2.30. The van der Waals surface area contributed by atoms with Crippen molar-refractivity contribution in [1.82, 2.24) is 15.0 Å². The van der Waals surface area contributed by atoms with Crippen LogP contribution in [0.1, 0.15) is 36.8 Å². The monoisotopic (exact) mass is 377 g/mol. The second kappa shape index (κ2) is 8.25. The van der Waals surface area contributed by atoms with Crippen molar-refractivity contribution in [2.75, 3.05) is 13.7 Å². The van der Waals surface area contributed by atoms with E-state index in [0.29, 0.717) is 23.9 Å². The van der Waals surface area contributed by atoms with Gasteiger partial charge >= 0.3 is 0 Å². The van der Waals surface area contributed by atoms with Gasteiger partial charge in [0, 0.05) is 13.0 Å².